The molecule has 0 radical (unpaired) electrons. The highest BCUT2D eigenvalue weighted by Crippen LogP contribution is 2.52. The van der Waals surface area contributed by atoms with Crippen LogP contribution in [0, 0.1) is 6.92 Å². The predicted octanol–water partition coefficient (Wildman–Crippen LogP) is 0.777. The zero-order chi connectivity index (χ0) is 21.6. The number of nitrogens with zero attached hydrogens (tertiary/aromatic N) is 1. The maximum atomic E-state index is 13.7. The average Bonchev–Trinajstić information content (AvgIpc) is 2.99. The largest absolute Gasteiger partial charge is 0.465 e. The second-order valence-electron chi connectivity index (χ2n) is 7.06. The molecule has 9 heteroatoms. The lowest BCUT2D eigenvalue weighted by Gasteiger charge is -2.35. The maximum absolute atomic E-state index is 13.7. The number of ether oxygens (including phenoxy) is 3. The first-order valence-electron chi connectivity index (χ1n) is 9.29. The van der Waals surface area contributed by atoms with Crippen LogP contribution in [0.4, 0.5) is 5.69 Å². The third-order valence-corrected chi connectivity index (χ3v) is 5.52. The van der Waals surface area contributed by atoms with E-state index in [-0.39, 0.29) is 35.9 Å². The van der Waals surface area contributed by atoms with Crippen molar-refractivity contribution in [2.75, 3.05) is 26.1 Å². The van der Waals surface area contributed by atoms with Gasteiger partial charge in [-0.3, -0.25) is 9.59 Å². The van der Waals surface area contributed by atoms with E-state index in [4.69, 9.17) is 19.9 Å². The molecule has 1 atom stereocenters. The van der Waals surface area contributed by atoms with Crippen LogP contribution in [0.15, 0.2) is 46.6 Å². The quantitative estimate of drug-likeness (QED) is 0.713. The van der Waals surface area contributed by atoms with E-state index in [1.165, 1.54) is 18.8 Å². The Morgan fingerprint density at radius 2 is 2.00 bits per heavy atom. The van der Waals surface area contributed by atoms with Crippen LogP contribution in [0.25, 0.3) is 0 Å². The van der Waals surface area contributed by atoms with Crippen LogP contribution in [0.2, 0.25) is 0 Å². The van der Waals surface area contributed by atoms with E-state index in [0.29, 0.717) is 16.9 Å². The van der Waals surface area contributed by atoms with Gasteiger partial charge in [-0.25, -0.2) is 4.79 Å². The molecule has 1 amide bonds. The van der Waals surface area contributed by atoms with Crippen molar-refractivity contribution in [2.24, 2.45) is 5.73 Å². The molecule has 1 aromatic carbocycles. The number of anilines is 1. The number of rotatable bonds is 4. The van der Waals surface area contributed by atoms with E-state index in [9.17, 15) is 14.4 Å². The Labute approximate surface area is 172 Å². The van der Waals surface area contributed by atoms with Gasteiger partial charge >= 0.3 is 5.97 Å². The van der Waals surface area contributed by atoms with E-state index >= 15 is 0 Å². The van der Waals surface area contributed by atoms with E-state index < -0.39 is 22.9 Å². The van der Waals surface area contributed by atoms with Gasteiger partial charge in [0.15, 0.2) is 0 Å². The molecular weight excluding hydrogens is 390 g/mol. The van der Waals surface area contributed by atoms with Crippen LogP contribution in [0.5, 0.6) is 5.75 Å². The topological polar surface area (TPSA) is 122 Å². The third kappa shape index (κ3) is 2.48. The van der Waals surface area contributed by atoms with Gasteiger partial charge in [0.1, 0.15) is 16.7 Å². The average molecular weight is 411 g/mol. The number of carbonyl (C=O) groups is 2. The summed E-state index contributed by atoms with van der Waals surface area (Å²) in [6.07, 6.45) is 0. The normalized spacial score (nSPS) is 19.2. The summed E-state index contributed by atoms with van der Waals surface area (Å²) in [7, 11) is 2.71. The van der Waals surface area contributed by atoms with Crippen LogP contribution < -0.4 is 21.3 Å². The Balaban J connectivity index is 2.14. The van der Waals surface area contributed by atoms with Gasteiger partial charge in [-0.05, 0) is 13.0 Å². The number of aryl methyl sites for hydroxylation is 1. The number of benzene rings is 1. The molecule has 9 nitrogen and oxygen atoms in total. The van der Waals surface area contributed by atoms with Crippen molar-refractivity contribution >= 4 is 17.6 Å². The maximum Gasteiger partial charge on any atom is 0.340 e. The number of hydrogen-bond donors (Lipinski definition) is 2. The minimum atomic E-state index is -1.79. The summed E-state index contributed by atoms with van der Waals surface area (Å²) in [5.41, 5.74) is 5.16. The molecule has 3 N–H and O–H groups in total. The summed E-state index contributed by atoms with van der Waals surface area (Å²) in [6, 6.07) is 8.47. The smallest absolute Gasteiger partial charge is 0.340 e. The summed E-state index contributed by atoms with van der Waals surface area (Å²) < 4.78 is 17.2. The molecule has 30 heavy (non-hydrogen) atoms. The van der Waals surface area contributed by atoms with E-state index in [0.717, 1.165) is 0 Å². The number of para-hydroxylation sites is 1. The van der Waals surface area contributed by atoms with Crippen LogP contribution in [0.1, 0.15) is 16.8 Å². The fraction of sp³-hybridized carbons (Fsp3) is 0.286. The monoisotopic (exact) mass is 411 g/mol. The van der Waals surface area contributed by atoms with Gasteiger partial charge < -0.3 is 29.8 Å². The van der Waals surface area contributed by atoms with Gasteiger partial charge in [0.25, 0.3) is 5.56 Å². The molecule has 0 saturated carbocycles. The van der Waals surface area contributed by atoms with Gasteiger partial charge in [-0.1, -0.05) is 18.2 Å². The zero-order valence-electron chi connectivity index (χ0n) is 16.8. The van der Waals surface area contributed by atoms with Crippen molar-refractivity contribution in [2.45, 2.75) is 18.9 Å². The van der Waals surface area contributed by atoms with Crippen molar-refractivity contribution in [1.29, 1.82) is 0 Å². The highest BCUT2D eigenvalue weighted by molar-refractivity contribution is 6.17. The fourth-order valence-corrected chi connectivity index (χ4v) is 4.22. The van der Waals surface area contributed by atoms with Crippen molar-refractivity contribution < 1.29 is 23.8 Å². The molecule has 1 aromatic heterocycles. The van der Waals surface area contributed by atoms with E-state index in [1.54, 1.807) is 37.3 Å². The summed E-state index contributed by atoms with van der Waals surface area (Å²) in [4.78, 5) is 39.9. The summed E-state index contributed by atoms with van der Waals surface area (Å²) in [5, 5.41) is 2.77. The minimum absolute atomic E-state index is 0.0150. The summed E-state index contributed by atoms with van der Waals surface area (Å²) >= 11 is 0. The molecule has 156 valence electrons. The van der Waals surface area contributed by atoms with Gasteiger partial charge in [-0.15, -0.1) is 0 Å². The molecule has 2 aliphatic heterocycles. The number of amides is 1. The molecule has 4 rings (SSSR count). The number of fused-ring (bicyclic) bond motifs is 4. The molecule has 2 aromatic rings. The van der Waals surface area contributed by atoms with Crippen LogP contribution in [0.3, 0.4) is 0 Å². The Bertz CT molecular complexity index is 1170. The van der Waals surface area contributed by atoms with Crippen molar-refractivity contribution in [3.8, 4) is 5.75 Å². The lowest BCUT2D eigenvalue weighted by atomic mass is 9.68. The first-order valence-corrected chi connectivity index (χ1v) is 9.29. The fourth-order valence-electron chi connectivity index (χ4n) is 4.22. The van der Waals surface area contributed by atoms with Crippen LogP contribution >= 0.6 is 0 Å². The first kappa shape index (κ1) is 19.7. The summed E-state index contributed by atoms with van der Waals surface area (Å²) in [5.74, 6) is -1.58. The van der Waals surface area contributed by atoms with Crippen LogP contribution in [-0.2, 0) is 31.0 Å². The lowest BCUT2D eigenvalue weighted by Crippen LogP contribution is -2.50. The number of esters is 1. The minimum Gasteiger partial charge on any atom is -0.465 e. The Hall–Kier alpha value is -3.59. The third-order valence-electron chi connectivity index (χ3n) is 5.52. The number of carbonyl (C=O) groups excluding carboxylic acids is 2. The number of methoxy groups -OCH3 is 2. The molecular formula is C21H21N3O6. The molecule has 0 fully saturated rings. The Kier molecular flexibility index (Phi) is 4.62. The second kappa shape index (κ2) is 7.03. The lowest BCUT2D eigenvalue weighted by molar-refractivity contribution is -0.138. The molecule has 3 heterocycles. The number of nitrogens with two attached hydrogens (primary N) is 1. The van der Waals surface area contributed by atoms with Crippen LogP contribution in [-0.4, -0.2) is 37.3 Å². The molecule has 0 saturated heterocycles. The number of pyridine rings is 1. The molecule has 0 unspecified atom stereocenters. The second-order valence-corrected chi connectivity index (χ2v) is 7.06. The molecule has 1 spiro atoms. The van der Waals surface area contributed by atoms with Crippen molar-refractivity contribution in [3.05, 3.63) is 69.0 Å². The number of nitrogens with one attached hydrogen (secondary N) is 1. The highest BCUT2D eigenvalue weighted by atomic mass is 16.5. The standard InChI is InChI=1S/C21H21N3O6/c1-11-10-14-15(18(25)24(11)8-9-28-2)21(16(17(22)30-14)19(26)29-3)12-6-4-5-7-13(12)23-20(21)27/h4-7,10H,8-9,22H2,1-3H3,(H,23,27)/t21-/m0/s1. The van der Waals surface area contributed by atoms with Gasteiger partial charge in [0.2, 0.25) is 11.8 Å². The van der Waals surface area contributed by atoms with Crippen molar-refractivity contribution in [3.63, 3.8) is 0 Å². The highest BCUT2D eigenvalue weighted by Gasteiger charge is 2.60. The Morgan fingerprint density at radius 3 is 2.70 bits per heavy atom. The zero-order valence-corrected chi connectivity index (χ0v) is 16.8. The Morgan fingerprint density at radius 1 is 1.27 bits per heavy atom. The molecule has 2 aliphatic rings. The first-order chi connectivity index (χ1) is 14.4. The predicted molar refractivity (Wildman–Crippen MR) is 107 cm³/mol. The van der Waals surface area contributed by atoms with Crippen molar-refractivity contribution in [1.82, 2.24) is 4.57 Å². The van der Waals surface area contributed by atoms with E-state index in [2.05, 4.69) is 5.32 Å². The SMILES string of the molecule is COCCn1c(C)cc2c(c1=O)[C@]1(C(=O)Nc3ccccc31)C(C(=O)OC)=C(N)O2. The number of aromatic nitrogens is 1. The van der Waals surface area contributed by atoms with Gasteiger partial charge in [0.05, 0.1) is 19.3 Å². The molecule has 0 bridgehead atoms. The van der Waals surface area contributed by atoms with Gasteiger partial charge in [-0.2, -0.15) is 0 Å². The summed E-state index contributed by atoms with van der Waals surface area (Å²) in [6.45, 7) is 2.30. The van der Waals surface area contributed by atoms with Gasteiger partial charge in [0, 0.05) is 36.7 Å². The van der Waals surface area contributed by atoms with E-state index in [1.807, 2.05) is 0 Å². The molecule has 0 aliphatic carbocycles. The number of hydrogen-bond acceptors (Lipinski definition) is 7.